The highest BCUT2D eigenvalue weighted by atomic mass is 16.4. The van der Waals surface area contributed by atoms with E-state index in [-0.39, 0.29) is 0 Å². The number of oxime groups is 1. The molecule has 1 heterocycles. The highest BCUT2D eigenvalue weighted by Gasteiger charge is 2.00. The maximum absolute atomic E-state index is 8.48. The van der Waals surface area contributed by atoms with Crippen molar-refractivity contribution in [2.24, 2.45) is 5.16 Å². The SMILES string of the molecule is O/N=C\c1ccccc1-n1cccn1. The number of nitrogens with zero attached hydrogens (tertiary/aromatic N) is 3. The highest BCUT2D eigenvalue weighted by molar-refractivity contribution is 5.84. The Hall–Kier alpha value is -2.10. The van der Waals surface area contributed by atoms with Gasteiger partial charge in [0.2, 0.25) is 0 Å². The molecular formula is C10H9N3O. The van der Waals surface area contributed by atoms with Crippen LogP contribution in [0.25, 0.3) is 5.69 Å². The molecular weight excluding hydrogens is 178 g/mol. The van der Waals surface area contributed by atoms with Crippen LogP contribution in [0.4, 0.5) is 0 Å². The third-order valence-electron chi connectivity index (χ3n) is 1.88. The molecule has 14 heavy (non-hydrogen) atoms. The molecule has 0 fully saturated rings. The lowest BCUT2D eigenvalue weighted by molar-refractivity contribution is 0.322. The van der Waals surface area contributed by atoms with E-state index in [0.29, 0.717) is 0 Å². The zero-order valence-electron chi connectivity index (χ0n) is 7.41. The fraction of sp³-hybridized carbons (Fsp3) is 0. The Bertz CT molecular complexity index is 434. The summed E-state index contributed by atoms with van der Waals surface area (Å²) in [4.78, 5) is 0. The Labute approximate surface area is 81.1 Å². The summed E-state index contributed by atoms with van der Waals surface area (Å²) >= 11 is 0. The van der Waals surface area contributed by atoms with Gasteiger partial charge < -0.3 is 5.21 Å². The van der Waals surface area contributed by atoms with Crippen LogP contribution in [-0.2, 0) is 0 Å². The van der Waals surface area contributed by atoms with Crippen LogP contribution in [0.15, 0.2) is 47.9 Å². The van der Waals surface area contributed by atoms with Crippen molar-refractivity contribution in [3.63, 3.8) is 0 Å². The van der Waals surface area contributed by atoms with Gasteiger partial charge in [0, 0.05) is 18.0 Å². The molecule has 2 rings (SSSR count). The highest BCUT2D eigenvalue weighted by Crippen LogP contribution is 2.10. The minimum Gasteiger partial charge on any atom is -0.411 e. The van der Waals surface area contributed by atoms with E-state index < -0.39 is 0 Å². The first-order chi connectivity index (χ1) is 6.92. The minimum atomic E-state index is 0.818. The normalized spacial score (nSPS) is 10.9. The van der Waals surface area contributed by atoms with Crippen molar-refractivity contribution < 1.29 is 5.21 Å². The van der Waals surface area contributed by atoms with Crippen LogP contribution < -0.4 is 0 Å². The van der Waals surface area contributed by atoms with Gasteiger partial charge in [0.05, 0.1) is 11.9 Å². The average Bonchev–Trinajstić information content (AvgIpc) is 2.72. The lowest BCUT2D eigenvalue weighted by Crippen LogP contribution is -1.98. The molecule has 1 aromatic carbocycles. The fourth-order valence-corrected chi connectivity index (χ4v) is 1.28. The van der Waals surface area contributed by atoms with E-state index in [4.69, 9.17) is 5.21 Å². The van der Waals surface area contributed by atoms with Crippen LogP contribution in [0.5, 0.6) is 0 Å². The van der Waals surface area contributed by atoms with E-state index in [1.54, 1.807) is 10.9 Å². The molecule has 1 aromatic heterocycles. The van der Waals surface area contributed by atoms with Gasteiger partial charge in [0.25, 0.3) is 0 Å². The molecule has 2 aromatic rings. The number of para-hydroxylation sites is 1. The van der Waals surface area contributed by atoms with Crippen molar-refractivity contribution in [2.45, 2.75) is 0 Å². The summed E-state index contributed by atoms with van der Waals surface area (Å²) in [6, 6.07) is 9.39. The Morgan fingerprint density at radius 3 is 2.86 bits per heavy atom. The van der Waals surface area contributed by atoms with Gasteiger partial charge in [0.1, 0.15) is 0 Å². The third-order valence-corrected chi connectivity index (χ3v) is 1.88. The number of hydrogen-bond donors (Lipinski definition) is 1. The summed E-state index contributed by atoms with van der Waals surface area (Å²) in [6.07, 6.45) is 4.92. The van der Waals surface area contributed by atoms with Crippen LogP contribution in [0.1, 0.15) is 5.56 Å². The second-order valence-electron chi connectivity index (χ2n) is 2.75. The molecule has 4 heteroatoms. The molecule has 0 saturated carbocycles. The molecule has 0 unspecified atom stereocenters. The summed E-state index contributed by atoms with van der Waals surface area (Å²) in [6.45, 7) is 0. The molecule has 0 radical (unpaired) electrons. The number of benzene rings is 1. The van der Waals surface area contributed by atoms with E-state index in [1.165, 1.54) is 6.21 Å². The minimum absolute atomic E-state index is 0.818. The lowest BCUT2D eigenvalue weighted by Gasteiger charge is -2.03. The van der Waals surface area contributed by atoms with Gasteiger partial charge in [0.15, 0.2) is 0 Å². The topological polar surface area (TPSA) is 50.4 Å². The predicted molar refractivity (Wildman–Crippen MR) is 52.9 cm³/mol. The van der Waals surface area contributed by atoms with E-state index in [0.717, 1.165) is 11.3 Å². The molecule has 0 aliphatic rings. The molecule has 0 spiro atoms. The first kappa shape index (κ1) is 8.50. The summed E-state index contributed by atoms with van der Waals surface area (Å²) in [5.74, 6) is 0. The quantitative estimate of drug-likeness (QED) is 0.441. The second kappa shape index (κ2) is 3.74. The van der Waals surface area contributed by atoms with E-state index in [2.05, 4.69) is 10.3 Å². The Morgan fingerprint density at radius 1 is 1.29 bits per heavy atom. The van der Waals surface area contributed by atoms with Crippen molar-refractivity contribution >= 4 is 6.21 Å². The molecule has 0 bridgehead atoms. The number of rotatable bonds is 2. The predicted octanol–water partition coefficient (Wildman–Crippen LogP) is 1.68. The number of aromatic nitrogens is 2. The van der Waals surface area contributed by atoms with Crippen molar-refractivity contribution in [3.8, 4) is 5.69 Å². The first-order valence-electron chi connectivity index (χ1n) is 4.18. The van der Waals surface area contributed by atoms with Crippen molar-refractivity contribution in [3.05, 3.63) is 48.3 Å². The zero-order chi connectivity index (χ0) is 9.80. The van der Waals surface area contributed by atoms with Gasteiger partial charge in [-0.1, -0.05) is 23.4 Å². The average molecular weight is 187 g/mol. The van der Waals surface area contributed by atoms with Crippen LogP contribution in [0, 0.1) is 0 Å². The van der Waals surface area contributed by atoms with Gasteiger partial charge in [-0.25, -0.2) is 4.68 Å². The molecule has 70 valence electrons. The van der Waals surface area contributed by atoms with Crippen LogP contribution >= 0.6 is 0 Å². The second-order valence-corrected chi connectivity index (χ2v) is 2.75. The summed E-state index contributed by atoms with van der Waals surface area (Å²) in [5.41, 5.74) is 1.70. The van der Waals surface area contributed by atoms with Gasteiger partial charge in [-0.15, -0.1) is 0 Å². The third kappa shape index (κ3) is 1.50. The molecule has 0 atom stereocenters. The summed E-state index contributed by atoms with van der Waals surface area (Å²) < 4.78 is 1.72. The fourth-order valence-electron chi connectivity index (χ4n) is 1.28. The van der Waals surface area contributed by atoms with Crippen molar-refractivity contribution in [1.29, 1.82) is 0 Å². The Morgan fingerprint density at radius 2 is 2.14 bits per heavy atom. The standard InChI is InChI=1S/C10H9N3O/c14-12-8-9-4-1-2-5-10(9)13-7-3-6-11-13/h1-8,14H/b12-8-. The Kier molecular flexibility index (Phi) is 2.27. The van der Waals surface area contributed by atoms with Crippen molar-refractivity contribution in [1.82, 2.24) is 9.78 Å². The smallest absolute Gasteiger partial charge is 0.0755 e. The van der Waals surface area contributed by atoms with Gasteiger partial charge >= 0.3 is 0 Å². The maximum atomic E-state index is 8.48. The number of hydrogen-bond acceptors (Lipinski definition) is 3. The van der Waals surface area contributed by atoms with Gasteiger partial charge in [-0.3, -0.25) is 0 Å². The van der Waals surface area contributed by atoms with Gasteiger partial charge in [-0.2, -0.15) is 5.10 Å². The molecule has 4 nitrogen and oxygen atoms in total. The molecule has 0 saturated heterocycles. The van der Waals surface area contributed by atoms with Crippen LogP contribution in [-0.4, -0.2) is 21.2 Å². The van der Waals surface area contributed by atoms with Crippen LogP contribution in [0.2, 0.25) is 0 Å². The molecule has 0 aliphatic carbocycles. The monoisotopic (exact) mass is 187 g/mol. The first-order valence-corrected chi connectivity index (χ1v) is 4.18. The van der Waals surface area contributed by atoms with E-state index >= 15 is 0 Å². The van der Waals surface area contributed by atoms with Crippen molar-refractivity contribution in [2.75, 3.05) is 0 Å². The van der Waals surface area contributed by atoms with Gasteiger partial charge in [-0.05, 0) is 12.1 Å². The molecule has 1 N–H and O–H groups in total. The summed E-state index contributed by atoms with van der Waals surface area (Å²) in [7, 11) is 0. The molecule has 0 amide bonds. The van der Waals surface area contributed by atoms with E-state index in [1.807, 2.05) is 36.5 Å². The van der Waals surface area contributed by atoms with E-state index in [9.17, 15) is 0 Å². The lowest BCUT2D eigenvalue weighted by atomic mass is 10.2. The largest absolute Gasteiger partial charge is 0.411 e. The van der Waals surface area contributed by atoms with Crippen LogP contribution in [0.3, 0.4) is 0 Å². The maximum Gasteiger partial charge on any atom is 0.0755 e. The summed E-state index contributed by atoms with van der Waals surface area (Å²) in [5, 5.41) is 15.6. The Balaban J connectivity index is 2.52. The zero-order valence-corrected chi connectivity index (χ0v) is 7.41. The molecule has 0 aliphatic heterocycles.